The lowest BCUT2D eigenvalue weighted by Crippen LogP contribution is -2.46. The first-order valence-corrected chi connectivity index (χ1v) is 7.12. The van der Waals surface area contributed by atoms with Gasteiger partial charge in [-0.1, -0.05) is 23.2 Å². The van der Waals surface area contributed by atoms with Crippen LogP contribution < -0.4 is 0 Å². The zero-order valence-corrected chi connectivity index (χ0v) is 12.1. The normalized spacial score (nSPS) is 19.5. The van der Waals surface area contributed by atoms with E-state index in [4.69, 9.17) is 33.0 Å². The van der Waals surface area contributed by atoms with E-state index < -0.39 is 12.1 Å². The highest BCUT2D eigenvalue weighted by Gasteiger charge is 2.28. The maximum absolute atomic E-state index is 12.3. The van der Waals surface area contributed by atoms with Crippen molar-refractivity contribution >= 4 is 46.4 Å². The van der Waals surface area contributed by atoms with Crippen molar-refractivity contribution in [3.05, 3.63) is 20.3 Å². The Labute approximate surface area is 123 Å². The van der Waals surface area contributed by atoms with Crippen LogP contribution in [0.3, 0.4) is 0 Å². The summed E-state index contributed by atoms with van der Waals surface area (Å²) in [5.74, 6) is -1.19. The number of ether oxygens (including phenoxy) is 1. The van der Waals surface area contributed by atoms with Crippen molar-refractivity contribution in [1.29, 1.82) is 0 Å². The molecule has 0 radical (unpaired) electrons. The molecule has 1 N–H and O–H groups in total. The maximum atomic E-state index is 12.3. The predicted molar refractivity (Wildman–Crippen MR) is 72.2 cm³/mol. The molecule has 1 fully saturated rings. The summed E-state index contributed by atoms with van der Waals surface area (Å²) in [6, 6.07) is 1.53. The quantitative estimate of drug-likeness (QED) is 0.927. The van der Waals surface area contributed by atoms with Crippen LogP contribution in [0.1, 0.15) is 16.8 Å². The van der Waals surface area contributed by atoms with Crippen LogP contribution in [0.25, 0.3) is 0 Å². The number of carboxylic acids is 1. The molecular formula is C11H11Cl2NO4S. The molecule has 5 nitrogen and oxygen atoms in total. The average Bonchev–Trinajstić information content (AvgIpc) is 2.67. The second-order valence-corrected chi connectivity index (χ2v) is 6.37. The van der Waals surface area contributed by atoms with Crippen LogP contribution >= 0.6 is 34.5 Å². The van der Waals surface area contributed by atoms with E-state index in [1.54, 1.807) is 4.90 Å². The van der Waals surface area contributed by atoms with Gasteiger partial charge in [-0.05, 0) is 6.07 Å². The zero-order chi connectivity index (χ0) is 14.0. The van der Waals surface area contributed by atoms with Crippen molar-refractivity contribution in [2.75, 3.05) is 19.7 Å². The second kappa shape index (κ2) is 6.09. The fourth-order valence-corrected chi connectivity index (χ4v) is 3.33. The van der Waals surface area contributed by atoms with Gasteiger partial charge in [0.2, 0.25) is 0 Å². The van der Waals surface area contributed by atoms with Gasteiger partial charge in [-0.3, -0.25) is 9.59 Å². The lowest BCUT2D eigenvalue weighted by Gasteiger charge is -2.32. The third-order valence-corrected chi connectivity index (χ3v) is 4.20. The standard InChI is InChI=1S/C11H11Cl2NO4S/c12-8-4-7(10(13)19-8)11(17)14-1-2-18-6(5-14)3-9(15)16/h4,6H,1-3,5H2,(H,15,16)/t6-/m1/s1. The Balaban J connectivity index is 2.07. The first-order chi connectivity index (χ1) is 8.97. The van der Waals surface area contributed by atoms with Gasteiger partial charge < -0.3 is 14.7 Å². The summed E-state index contributed by atoms with van der Waals surface area (Å²) in [4.78, 5) is 24.4. The number of hydrogen-bond donors (Lipinski definition) is 1. The van der Waals surface area contributed by atoms with Crippen molar-refractivity contribution in [2.24, 2.45) is 0 Å². The van der Waals surface area contributed by atoms with Crippen LogP contribution in [0.5, 0.6) is 0 Å². The average molecular weight is 324 g/mol. The Morgan fingerprint density at radius 3 is 2.84 bits per heavy atom. The summed E-state index contributed by atoms with van der Waals surface area (Å²) in [6.45, 7) is 0.979. The minimum absolute atomic E-state index is 0.123. The number of morpholine rings is 1. The number of amides is 1. The number of hydrogen-bond acceptors (Lipinski definition) is 4. The molecule has 2 heterocycles. The van der Waals surface area contributed by atoms with E-state index in [2.05, 4.69) is 0 Å². The van der Waals surface area contributed by atoms with Crippen molar-refractivity contribution in [3.8, 4) is 0 Å². The fraction of sp³-hybridized carbons (Fsp3) is 0.455. The Kier molecular flexibility index (Phi) is 4.67. The van der Waals surface area contributed by atoms with Crippen LogP contribution in [0.15, 0.2) is 6.07 Å². The van der Waals surface area contributed by atoms with E-state index in [1.165, 1.54) is 6.07 Å². The molecule has 0 unspecified atom stereocenters. The number of halogens is 2. The molecular weight excluding hydrogens is 313 g/mol. The van der Waals surface area contributed by atoms with Gasteiger partial charge in [0.15, 0.2) is 0 Å². The number of carboxylic acid groups (broad SMARTS) is 1. The number of carbonyl (C=O) groups is 2. The number of rotatable bonds is 3. The Morgan fingerprint density at radius 2 is 2.26 bits per heavy atom. The maximum Gasteiger partial charge on any atom is 0.306 e. The van der Waals surface area contributed by atoms with Gasteiger partial charge in [-0.2, -0.15) is 0 Å². The highest BCUT2D eigenvalue weighted by Crippen LogP contribution is 2.32. The third-order valence-electron chi connectivity index (χ3n) is 2.72. The minimum atomic E-state index is -0.948. The fourth-order valence-electron chi connectivity index (χ4n) is 1.88. The Morgan fingerprint density at radius 1 is 1.53 bits per heavy atom. The lowest BCUT2D eigenvalue weighted by molar-refractivity contribution is -0.141. The Bertz CT molecular complexity index is 505. The number of aliphatic carboxylic acids is 1. The van der Waals surface area contributed by atoms with Gasteiger partial charge in [-0.15, -0.1) is 11.3 Å². The van der Waals surface area contributed by atoms with Crippen LogP contribution in [0.4, 0.5) is 0 Å². The molecule has 0 aliphatic carbocycles. The van der Waals surface area contributed by atoms with Crippen molar-refractivity contribution in [3.63, 3.8) is 0 Å². The molecule has 1 atom stereocenters. The van der Waals surface area contributed by atoms with E-state index in [0.717, 1.165) is 11.3 Å². The van der Waals surface area contributed by atoms with E-state index in [1.807, 2.05) is 0 Å². The van der Waals surface area contributed by atoms with Gasteiger partial charge in [-0.25, -0.2) is 0 Å². The summed E-state index contributed by atoms with van der Waals surface area (Å²) in [6.07, 6.45) is -0.606. The van der Waals surface area contributed by atoms with Crippen molar-refractivity contribution in [2.45, 2.75) is 12.5 Å². The van der Waals surface area contributed by atoms with Crippen LogP contribution in [0.2, 0.25) is 8.67 Å². The molecule has 1 aromatic rings. The van der Waals surface area contributed by atoms with Crippen molar-refractivity contribution < 1.29 is 19.4 Å². The van der Waals surface area contributed by atoms with Gasteiger partial charge in [0, 0.05) is 13.1 Å². The van der Waals surface area contributed by atoms with Crippen LogP contribution in [-0.2, 0) is 9.53 Å². The molecule has 1 aliphatic rings. The van der Waals surface area contributed by atoms with Gasteiger partial charge in [0.1, 0.15) is 4.34 Å². The molecule has 1 aromatic heterocycles. The molecule has 1 saturated heterocycles. The largest absolute Gasteiger partial charge is 0.481 e. The summed E-state index contributed by atoms with van der Waals surface area (Å²) < 4.78 is 6.10. The zero-order valence-electron chi connectivity index (χ0n) is 9.77. The summed E-state index contributed by atoms with van der Waals surface area (Å²) in [7, 11) is 0. The minimum Gasteiger partial charge on any atom is -0.481 e. The first-order valence-electron chi connectivity index (χ1n) is 5.55. The highest BCUT2D eigenvalue weighted by molar-refractivity contribution is 7.20. The summed E-state index contributed by atoms with van der Waals surface area (Å²) >= 11 is 12.9. The highest BCUT2D eigenvalue weighted by atomic mass is 35.5. The van der Waals surface area contributed by atoms with Crippen LogP contribution in [-0.4, -0.2) is 47.7 Å². The predicted octanol–water partition coefficient (Wildman–Crippen LogP) is 2.37. The molecule has 0 spiro atoms. The number of thiophene rings is 1. The molecule has 19 heavy (non-hydrogen) atoms. The Hall–Kier alpha value is -0.820. The van der Waals surface area contributed by atoms with E-state index in [0.29, 0.717) is 27.4 Å². The molecule has 1 amide bonds. The molecule has 0 aromatic carbocycles. The van der Waals surface area contributed by atoms with Gasteiger partial charge in [0.05, 0.1) is 29.0 Å². The van der Waals surface area contributed by atoms with E-state index in [-0.39, 0.29) is 18.9 Å². The number of carbonyl (C=O) groups excluding carboxylic acids is 1. The summed E-state index contributed by atoms with van der Waals surface area (Å²) in [5.41, 5.74) is 0.354. The smallest absolute Gasteiger partial charge is 0.306 e. The lowest BCUT2D eigenvalue weighted by atomic mass is 10.2. The molecule has 104 valence electrons. The van der Waals surface area contributed by atoms with E-state index >= 15 is 0 Å². The van der Waals surface area contributed by atoms with Crippen molar-refractivity contribution in [1.82, 2.24) is 4.90 Å². The monoisotopic (exact) mass is 323 g/mol. The summed E-state index contributed by atoms with van der Waals surface area (Å²) in [5, 5.41) is 8.73. The molecule has 0 bridgehead atoms. The van der Waals surface area contributed by atoms with Gasteiger partial charge >= 0.3 is 5.97 Å². The topological polar surface area (TPSA) is 66.8 Å². The van der Waals surface area contributed by atoms with Gasteiger partial charge in [0.25, 0.3) is 5.91 Å². The SMILES string of the molecule is O=C(O)C[C@@H]1CN(C(=O)c2cc(Cl)sc2Cl)CCO1. The second-order valence-electron chi connectivity index (χ2n) is 4.08. The third kappa shape index (κ3) is 3.60. The molecule has 0 saturated carbocycles. The van der Waals surface area contributed by atoms with E-state index in [9.17, 15) is 9.59 Å². The molecule has 1 aliphatic heterocycles. The molecule has 2 rings (SSSR count). The van der Waals surface area contributed by atoms with Crippen LogP contribution in [0, 0.1) is 0 Å². The first kappa shape index (κ1) is 14.6. The molecule has 8 heteroatoms. The number of nitrogens with zero attached hydrogens (tertiary/aromatic N) is 1.